The fourth-order valence-electron chi connectivity index (χ4n) is 1.67. The topological polar surface area (TPSA) is 46.9 Å². The summed E-state index contributed by atoms with van der Waals surface area (Å²) >= 11 is 3.39. The minimum atomic E-state index is -0.130. The van der Waals surface area contributed by atoms with E-state index < -0.39 is 0 Å². The van der Waals surface area contributed by atoms with Gasteiger partial charge in [0.15, 0.2) is 0 Å². The summed E-state index contributed by atoms with van der Waals surface area (Å²) in [6.07, 6.45) is 3.45. The quantitative estimate of drug-likeness (QED) is 0.946. The minimum Gasteiger partial charge on any atom is -0.319 e. The Hall–Kier alpha value is -1.62. The summed E-state index contributed by atoms with van der Waals surface area (Å²) in [7, 11) is 0. The van der Waals surface area contributed by atoms with Gasteiger partial charge in [-0.2, -0.15) is 5.10 Å². The summed E-state index contributed by atoms with van der Waals surface area (Å²) in [5, 5.41) is 6.93. The van der Waals surface area contributed by atoms with E-state index in [1.54, 1.807) is 16.9 Å². The van der Waals surface area contributed by atoms with Crippen LogP contribution in [0.25, 0.3) is 0 Å². The lowest BCUT2D eigenvalue weighted by atomic mass is 10.1. The summed E-state index contributed by atoms with van der Waals surface area (Å²) < 4.78 is 2.67. The Labute approximate surface area is 114 Å². The van der Waals surface area contributed by atoms with E-state index in [-0.39, 0.29) is 5.91 Å². The SMILES string of the molecule is CCn1cc(NC(=O)c2cc(C)cc(Br)c2)cn1. The number of carbonyl (C=O) groups excluding carboxylic acids is 1. The molecule has 0 aliphatic rings. The number of anilines is 1. The molecule has 1 aromatic heterocycles. The molecule has 4 nitrogen and oxygen atoms in total. The van der Waals surface area contributed by atoms with Gasteiger partial charge in [-0.05, 0) is 37.6 Å². The Bertz CT molecular complexity index is 557. The van der Waals surface area contributed by atoms with Crippen LogP contribution in [0.2, 0.25) is 0 Å². The van der Waals surface area contributed by atoms with Gasteiger partial charge >= 0.3 is 0 Å². The molecule has 5 heteroatoms. The summed E-state index contributed by atoms with van der Waals surface area (Å²) in [5.41, 5.74) is 2.38. The molecule has 0 aliphatic carbocycles. The summed E-state index contributed by atoms with van der Waals surface area (Å²) in [5.74, 6) is -0.130. The van der Waals surface area contributed by atoms with Gasteiger partial charge in [0.1, 0.15) is 0 Å². The molecule has 2 rings (SSSR count). The Morgan fingerprint density at radius 3 is 2.83 bits per heavy atom. The van der Waals surface area contributed by atoms with Crippen molar-refractivity contribution in [2.45, 2.75) is 20.4 Å². The lowest BCUT2D eigenvalue weighted by Crippen LogP contribution is -2.11. The van der Waals surface area contributed by atoms with Crippen LogP contribution < -0.4 is 5.32 Å². The highest BCUT2D eigenvalue weighted by atomic mass is 79.9. The smallest absolute Gasteiger partial charge is 0.255 e. The third-order valence-corrected chi connectivity index (χ3v) is 2.98. The van der Waals surface area contributed by atoms with E-state index >= 15 is 0 Å². The van der Waals surface area contributed by atoms with Crippen molar-refractivity contribution in [2.75, 3.05) is 5.32 Å². The summed E-state index contributed by atoms with van der Waals surface area (Å²) in [6.45, 7) is 4.73. The highest BCUT2D eigenvalue weighted by molar-refractivity contribution is 9.10. The zero-order valence-corrected chi connectivity index (χ0v) is 11.9. The Morgan fingerprint density at radius 1 is 1.44 bits per heavy atom. The van der Waals surface area contributed by atoms with Crippen molar-refractivity contribution in [2.24, 2.45) is 0 Å². The second-order valence-corrected chi connectivity index (χ2v) is 4.97. The Kier molecular flexibility index (Phi) is 3.81. The number of amides is 1. The fraction of sp³-hybridized carbons (Fsp3) is 0.231. The van der Waals surface area contributed by atoms with E-state index in [0.29, 0.717) is 11.3 Å². The second kappa shape index (κ2) is 5.35. The van der Waals surface area contributed by atoms with Gasteiger partial charge in [0, 0.05) is 22.8 Å². The molecule has 1 heterocycles. The molecule has 0 radical (unpaired) electrons. The van der Waals surface area contributed by atoms with E-state index in [1.807, 2.05) is 32.2 Å². The first-order valence-corrected chi connectivity index (χ1v) is 6.49. The van der Waals surface area contributed by atoms with Gasteiger partial charge in [-0.15, -0.1) is 0 Å². The van der Waals surface area contributed by atoms with Crippen LogP contribution in [0.3, 0.4) is 0 Å². The van der Waals surface area contributed by atoms with Crippen molar-refractivity contribution < 1.29 is 4.79 Å². The van der Waals surface area contributed by atoms with Gasteiger partial charge in [-0.25, -0.2) is 0 Å². The third kappa shape index (κ3) is 2.98. The standard InChI is InChI=1S/C13H14BrN3O/c1-3-17-8-12(7-15-17)16-13(18)10-4-9(2)5-11(14)6-10/h4-8H,3H2,1-2H3,(H,16,18). The van der Waals surface area contributed by atoms with E-state index in [9.17, 15) is 4.79 Å². The molecule has 0 saturated carbocycles. The summed E-state index contributed by atoms with van der Waals surface area (Å²) in [4.78, 5) is 12.0. The van der Waals surface area contributed by atoms with Crippen LogP contribution in [-0.2, 0) is 6.54 Å². The first-order chi connectivity index (χ1) is 8.58. The molecular formula is C13H14BrN3O. The average Bonchev–Trinajstić information content (AvgIpc) is 2.75. The van der Waals surface area contributed by atoms with E-state index in [4.69, 9.17) is 0 Å². The van der Waals surface area contributed by atoms with Crippen LogP contribution in [0.1, 0.15) is 22.8 Å². The number of rotatable bonds is 3. The molecule has 0 unspecified atom stereocenters. The van der Waals surface area contributed by atoms with Crippen molar-refractivity contribution in [3.63, 3.8) is 0 Å². The molecule has 2 aromatic rings. The predicted octanol–water partition coefficient (Wildman–Crippen LogP) is 3.23. The normalized spacial score (nSPS) is 10.4. The molecule has 0 atom stereocenters. The maximum atomic E-state index is 12.0. The molecule has 18 heavy (non-hydrogen) atoms. The summed E-state index contributed by atoms with van der Waals surface area (Å²) in [6, 6.07) is 5.61. The first-order valence-electron chi connectivity index (χ1n) is 5.69. The van der Waals surface area contributed by atoms with Gasteiger partial charge < -0.3 is 5.32 Å². The van der Waals surface area contributed by atoms with Crippen LogP contribution >= 0.6 is 15.9 Å². The molecule has 1 amide bonds. The lowest BCUT2D eigenvalue weighted by molar-refractivity contribution is 0.102. The second-order valence-electron chi connectivity index (χ2n) is 4.06. The molecule has 0 fully saturated rings. The molecule has 94 valence electrons. The number of benzene rings is 1. The number of halogens is 1. The molecule has 0 bridgehead atoms. The maximum absolute atomic E-state index is 12.0. The minimum absolute atomic E-state index is 0.130. The van der Waals surface area contributed by atoms with Crippen molar-refractivity contribution in [1.29, 1.82) is 0 Å². The first kappa shape index (κ1) is 12.8. The molecule has 0 aliphatic heterocycles. The van der Waals surface area contributed by atoms with Crippen LogP contribution in [0.5, 0.6) is 0 Å². The molecular weight excluding hydrogens is 294 g/mol. The zero-order valence-electron chi connectivity index (χ0n) is 10.3. The van der Waals surface area contributed by atoms with Crippen LogP contribution in [0.15, 0.2) is 35.1 Å². The zero-order chi connectivity index (χ0) is 13.1. The predicted molar refractivity (Wildman–Crippen MR) is 74.7 cm³/mol. The number of nitrogens with one attached hydrogen (secondary N) is 1. The monoisotopic (exact) mass is 307 g/mol. The van der Waals surface area contributed by atoms with E-state index in [2.05, 4.69) is 26.3 Å². The van der Waals surface area contributed by atoms with Crippen LogP contribution in [0, 0.1) is 6.92 Å². The van der Waals surface area contributed by atoms with Gasteiger partial charge in [0.05, 0.1) is 11.9 Å². The average molecular weight is 308 g/mol. The maximum Gasteiger partial charge on any atom is 0.255 e. The number of aryl methyl sites for hydroxylation is 2. The van der Waals surface area contributed by atoms with Gasteiger partial charge in [-0.1, -0.05) is 15.9 Å². The highest BCUT2D eigenvalue weighted by Crippen LogP contribution is 2.16. The van der Waals surface area contributed by atoms with Gasteiger partial charge in [-0.3, -0.25) is 9.48 Å². The lowest BCUT2D eigenvalue weighted by Gasteiger charge is -2.04. The number of nitrogens with zero attached hydrogens (tertiary/aromatic N) is 2. The van der Waals surface area contributed by atoms with E-state index in [1.165, 1.54) is 0 Å². The number of hydrogen-bond donors (Lipinski definition) is 1. The Balaban J connectivity index is 2.16. The number of aromatic nitrogens is 2. The van der Waals surface area contributed by atoms with Crippen molar-refractivity contribution >= 4 is 27.5 Å². The van der Waals surface area contributed by atoms with Crippen LogP contribution in [-0.4, -0.2) is 15.7 Å². The third-order valence-electron chi connectivity index (χ3n) is 2.52. The van der Waals surface area contributed by atoms with Crippen LogP contribution in [0.4, 0.5) is 5.69 Å². The fourth-order valence-corrected chi connectivity index (χ4v) is 2.28. The molecule has 1 N–H and O–H groups in total. The van der Waals surface area contributed by atoms with Crippen molar-refractivity contribution in [3.05, 3.63) is 46.2 Å². The molecule has 1 aromatic carbocycles. The van der Waals surface area contributed by atoms with Crippen molar-refractivity contribution in [3.8, 4) is 0 Å². The number of carbonyl (C=O) groups is 1. The number of hydrogen-bond acceptors (Lipinski definition) is 2. The van der Waals surface area contributed by atoms with E-state index in [0.717, 1.165) is 16.6 Å². The van der Waals surface area contributed by atoms with Crippen molar-refractivity contribution in [1.82, 2.24) is 9.78 Å². The highest BCUT2D eigenvalue weighted by Gasteiger charge is 2.08. The molecule has 0 spiro atoms. The van der Waals surface area contributed by atoms with Gasteiger partial charge in [0.25, 0.3) is 5.91 Å². The Morgan fingerprint density at radius 2 is 2.22 bits per heavy atom. The molecule has 0 saturated heterocycles. The largest absolute Gasteiger partial charge is 0.319 e. The van der Waals surface area contributed by atoms with Gasteiger partial charge in [0.2, 0.25) is 0 Å².